The molecule has 0 atom stereocenters. The highest BCUT2D eigenvalue weighted by Gasteiger charge is 2.29. The highest BCUT2D eigenvalue weighted by atomic mass is 15.2. The molecule has 0 bridgehead atoms. The average molecular weight is 255 g/mol. The third kappa shape index (κ3) is 2.25. The van der Waals surface area contributed by atoms with Gasteiger partial charge in [-0.1, -0.05) is 36.8 Å². The van der Waals surface area contributed by atoms with Gasteiger partial charge in [-0.15, -0.1) is 0 Å². The van der Waals surface area contributed by atoms with Gasteiger partial charge in [0.2, 0.25) is 0 Å². The molecule has 19 heavy (non-hydrogen) atoms. The molecule has 1 heterocycles. The Balaban J connectivity index is 2.06. The molecule has 1 fully saturated rings. The van der Waals surface area contributed by atoms with Crippen LogP contribution in [0.3, 0.4) is 0 Å². The molecule has 2 aromatic rings. The summed E-state index contributed by atoms with van der Waals surface area (Å²) in [6.45, 7) is 4.28. The number of nitrogen functional groups attached to an aromatic ring is 1. The minimum absolute atomic E-state index is 0.591. The molecule has 1 aliphatic rings. The molecule has 3 nitrogen and oxygen atoms in total. The second-order valence-corrected chi connectivity index (χ2v) is 5.48. The summed E-state index contributed by atoms with van der Waals surface area (Å²) in [4.78, 5) is 4.80. The van der Waals surface area contributed by atoms with Crippen LogP contribution in [-0.2, 0) is 6.42 Å². The number of aryl methyl sites for hydroxylation is 2. The molecule has 0 spiro atoms. The van der Waals surface area contributed by atoms with E-state index in [0.717, 1.165) is 35.7 Å². The first-order valence-corrected chi connectivity index (χ1v) is 7.14. The Morgan fingerprint density at radius 3 is 2.53 bits per heavy atom. The summed E-state index contributed by atoms with van der Waals surface area (Å²) < 4.78 is 2.26. The zero-order valence-corrected chi connectivity index (χ0v) is 11.7. The Morgan fingerprint density at radius 2 is 1.95 bits per heavy atom. The van der Waals surface area contributed by atoms with E-state index in [0.29, 0.717) is 6.04 Å². The van der Waals surface area contributed by atoms with Crippen LogP contribution >= 0.6 is 0 Å². The van der Waals surface area contributed by atoms with Crippen LogP contribution in [-0.4, -0.2) is 9.55 Å². The third-order valence-corrected chi connectivity index (χ3v) is 3.73. The Kier molecular flexibility index (Phi) is 3.05. The molecular formula is C16H21N3. The van der Waals surface area contributed by atoms with Gasteiger partial charge in [0, 0.05) is 18.0 Å². The SMILES string of the molecule is CCCc1nc(-c2ccc(C)cc2)c(N)n1C1CC1. The summed E-state index contributed by atoms with van der Waals surface area (Å²) in [5.41, 5.74) is 9.69. The normalized spacial score (nSPS) is 14.8. The van der Waals surface area contributed by atoms with Crippen molar-refractivity contribution in [2.75, 3.05) is 5.73 Å². The summed E-state index contributed by atoms with van der Waals surface area (Å²) in [5, 5.41) is 0. The fourth-order valence-electron chi connectivity index (χ4n) is 2.56. The molecule has 3 heteroatoms. The Hall–Kier alpha value is -1.77. The van der Waals surface area contributed by atoms with E-state index in [9.17, 15) is 0 Å². The van der Waals surface area contributed by atoms with Gasteiger partial charge >= 0.3 is 0 Å². The molecule has 1 aromatic carbocycles. The van der Waals surface area contributed by atoms with Crippen molar-refractivity contribution in [1.82, 2.24) is 9.55 Å². The Morgan fingerprint density at radius 1 is 1.26 bits per heavy atom. The van der Waals surface area contributed by atoms with Crippen molar-refractivity contribution in [3.8, 4) is 11.3 Å². The number of anilines is 1. The van der Waals surface area contributed by atoms with Gasteiger partial charge in [0.25, 0.3) is 0 Å². The van der Waals surface area contributed by atoms with Gasteiger partial charge in [-0.25, -0.2) is 4.98 Å². The number of rotatable bonds is 4. The minimum atomic E-state index is 0.591. The maximum absolute atomic E-state index is 6.35. The third-order valence-electron chi connectivity index (χ3n) is 3.73. The molecule has 0 radical (unpaired) electrons. The van der Waals surface area contributed by atoms with E-state index in [1.54, 1.807) is 0 Å². The largest absolute Gasteiger partial charge is 0.383 e. The fraction of sp³-hybridized carbons (Fsp3) is 0.438. The van der Waals surface area contributed by atoms with Crippen LogP contribution < -0.4 is 5.73 Å². The highest BCUT2D eigenvalue weighted by Crippen LogP contribution is 2.41. The van der Waals surface area contributed by atoms with Crippen LogP contribution in [0.4, 0.5) is 5.82 Å². The van der Waals surface area contributed by atoms with Crippen molar-refractivity contribution in [2.24, 2.45) is 0 Å². The van der Waals surface area contributed by atoms with Gasteiger partial charge in [-0.2, -0.15) is 0 Å². The molecule has 1 aliphatic carbocycles. The van der Waals surface area contributed by atoms with Gasteiger partial charge in [0.15, 0.2) is 0 Å². The number of imidazole rings is 1. The number of benzene rings is 1. The smallest absolute Gasteiger partial charge is 0.131 e. The number of nitrogens with two attached hydrogens (primary N) is 1. The van der Waals surface area contributed by atoms with E-state index in [1.807, 2.05) is 0 Å². The maximum Gasteiger partial charge on any atom is 0.131 e. The monoisotopic (exact) mass is 255 g/mol. The Bertz CT molecular complexity index is 577. The van der Waals surface area contributed by atoms with Crippen molar-refractivity contribution in [2.45, 2.75) is 45.6 Å². The summed E-state index contributed by atoms with van der Waals surface area (Å²) >= 11 is 0. The minimum Gasteiger partial charge on any atom is -0.383 e. The second kappa shape index (κ2) is 4.72. The standard InChI is InChI=1S/C16H21N3/c1-3-4-14-18-15(12-7-5-11(2)6-8-12)16(17)19(14)13-9-10-13/h5-8,13H,3-4,9-10,17H2,1-2H3. The molecule has 0 saturated heterocycles. The van der Waals surface area contributed by atoms with Crippen molar-refractivity contribution in [3.05, 3.63) is 35.7 Å². The molecule has 3 rings (SSSR count). The first-order chi connectivity index (χ1) is 9.20. The van der Waals surface area contributed by atoms with Gasteiger partial charge in [0.05, 0.1) is 0 Å². The highest BCUT2D eigenvalue weighted by molar-refractivity contribution is 5.71. The fourth-order valence-corrected chi connectivity index (χ4v) is 2.56. The molecule has 100 valence electrons. The number of aromatic nitrogens is 2. The summed E-state index contributed by atoms with van der Waals surface area (Å²) in [5.74, 6) is 1.99. The quantitative estimate of drug-likeness (QED) is 0.904. The number of nitrogens with zero attached hydrogens (tertiary/aromatic N) is 2. The molecule has 0 aliphatic heterocycles. The molecular weight excluding hydrogens is 234 g/mol. The summed E-state index contributed by atoms with van der Waals surface area (Å²) in [6.07, 6.45) is 4.60. The van der Waals surface area contributed by atoms with Crippen LogP contribution in [0.2, 0.25) is 0 Å². The van der Waals surface area contributed by atoms with Crippen molar-refractivity contribution < 1.29 is 0 Å². The van der Waals surface area contributed by atoms with Gasteiger partial charge in [0.1, 0.15) is 17.3 Å². The van der Waals surface area contributed by atoms with Crippen LogP contribution in [0.1, 0.15) is 43.6 Å². The molecule has 0 unspecified atom stereocenters. The molecule has 0 amide bonds. The number of hydrogen-bond donors (Lipinski definition) is 1. The molecule has 1 aromatic heterocycles. The van der Waals surface area contributed by atoms with Gasteiger partial charge in [-0.3, -0.25) is 0 Å². The van der Waals surface area contributed by atoms with Gasteiger partial charge < -0.3 is 10.3 Å². The summed E-state index contributed by atoms with van der Waals surface area (Å²) in [7, 11) is 0. The molecule has 1 saturated carbocycles. The predicted octanol–water partition coefficient (Wildman–Crippen LogP) is 3.73. The zero-order valence-electron chi connectivity index (χ0n) is 11.7. The average Bonchev–Trinajstić information content (AvgIpc) is 3.17. The van der Waals surface area contributed by atoms with Crippen molar-refractivity contribution in [1.29, 1.82) is 0 Å². The first-order valence-electron chi connectivity index (χ1n) is 7.14. The lowest BCUT2D eigenvalue weighted by Gasteiger charge is -2.07. The summed E-state index contributed by atoms with van der Waals surface area (Å²) in [6, 6.07) is 9.05. The lowest BCUT2D eigenvalue weighted by molar-refractivity contribution is 0.676. The second-order valence-electron chi connectivity index (χ2n) is 5.48. The molecule has 2 N–H and O–H groups in total. The lowest BCUT2D eigenvalue weighted by atomic mass is 10.1. The topological polar surface area (TPSA) is 43.8 Å². The van der Waals surface area contributed by atoms with Crippen LogP contribution in [0, 0.1) is 6.92 Å². The van der Waals surface area contributed by atoms with E-state index < -0.39 is 0 Å². The lowest BCUT2D eigenvalue weighted by Crippen LogP contribution is -2.05. The van der Waals surface area contributed by atoms with Crippen LogP contribution in [0.15, 0.2) is 24.3 Å². The van der Waals surface area contributed by atoms with Crippen LogP contribution in [0.25, 0.3) is 11.3 Å². The Labute approximate surface area is 114 Å². The van der Waals surface area contributed by atoms with Crippen LogP contribution in [0.5, 0.6) is 0 Å². The van der Waals surface area contributed by atoms with Crippen molar-refractivity contribution in [3.63, 3.8) is 0 Å². The van der Waals surface area contributed by atoms with E-state index >= 15 is 0 Å². The van der Waals surface area contributed by atoms with E-state index in [4.69, 9.17) is 10.7 Å². The van der Waals surface area contributed by atoms with E-state index in [1.165, 1.54) is 18.4 Å². The van der Waals surface area contributed by atoms with Gasteiger partial charge in [-0.05, 0) is 26.2 Å². The first kappa shape index (κ1) is 12.3. The van der Waals surface area contributed by atoms with E-state index in [-0.39, 0.29) is 0 Å². The predicted molar refractivity (Wildman–Crippen MR) is 79.1 cm³/mol. The number of hydrogen-bond acceptors (Lipinski definition) is 2. The zero-order chi connectivity index (χ0) is 13.4. The maximum atomic E-state index is 6.35. The van der Waals surface area contributed by atoms with E-state index in [2.05, 4.69) is 42.7 Å². The van der Waals surface area contributed by atoms with Crippen molar-refractivity contribution >= 4 is 5.82 Å².